The van der Waals surface area contributed by atoms with Crippen LogP contribution in [0.1, 0.15) is 35.7 Å². The second-order valence-corrected chi connectivity index (χ2v) is 8.47. The number of rotatable bonds is 12. The molecule has 188 valence electrons. The maximum Gasteiger partial charge on any atom is 0.343 e. The molecule has 8 nitrogen and oxygen atoms in total. The molecule has 0 aliphatic carbocycles. The number of esters is 1. The van der Waals surface area contributed by atoms with E-state index in [0.717, 1.165) is 23.1 Å². The molecule has 3 aromatic carbocycles. The first-order valence-electron chi connectivity index (χ1n) is 11.3. The Bertz CT molecular complexity index is 1180. The van der Waals surface area contributed by atoms with Crippen LogP contribution in [0.15, 0.2) is 76.3 Å². The van der Waals surface area contributed by atoms with Gasteiger partial charge in [-0.05, 0) is 73.2 Å². The number of methoxy groups -OCH3 is 1. The molecule has 0 bridgehead atoms. The van der Waals surface area contributed by atoms with Crippen LogP contribution >= 0.6 is 15.9 Å². The number of carbonyl (C=O) groups is 2. The van der Waals surface area contributed by atoms with Crippen LogP contribution < -0.4 is 24.4 Å². The summed E-state index contributed by atoms with van der Waals surface area (Å²) in [4.78, 5) is 24.7. The SMILES string of the molecule is CCCCOc1ccc(OCC(=O)N/N=C\c2cc(Br)ccc2OC(=O)c2ccc(OC)cc2)cc1. The number of amides is 1. The average Bonchev–Trinajstić information content (AvgIpc) is 2.90. The lowest BCUT2D eigenvalue weighted by atomic mass is 10.2. The van der Waals surface area contributed by atoms with Crippen molar-refractivity contribution in [1.82, 2.24) is 5.43 Å². The van der Waals surface area contributed by atoms with E-state index < -0.39 is 11.9 Å². The molecular formula is C27H27BrN2O6. The molecule has 0 radical (unpaired) electrons. The molecule has 0 saturated heterocycles. The lowest BCUT2D eigenvalue weighted by Crippen LogP contribution is -2.24. The quantitative estimate of drug-likeness (QED) is 0.106. The van der Waals surface area contributed by atoms with Gasteiger partial charge in [0.15, 0.2) is 6.61 Å². The molecule has 0 heterocycles. The summed E-state index contributed by atoms with van der Waals surface area (Å²) in [6.45, 7) is 2.55. The zero-order chi connectivity index (χ0) is 25.8. The topological polar surface area (TPSA) is 95.5 Å². The summed E-state index contributed by atoms with van der Waals surface area (Å²) in [6, 6.07) is 18.7. The molecule has 36 heavy (non-hydrogen) atoms. The van der Waals surface area contributed by atoms with Gasteiger partial charge in [0.25, 0.3) is 5.91 Å². The van der Waals surface area contributed by atoms with E-state index in [1.807, 2.05) is 0 Å². The van der Waals surface area contributed by atoms with E-state index >= 15 is 0 Å². The molecule has 0 unspecified atom stereocenters. The summed E-state index contributed by atoms with van der Waals surface area (Å²) in [5, 5.41) is 3.96. The Labute approximate surface area is 218 Å². The molecule has 3 aromatic rings. The second-order valence-electron chi connectivity index (χ2n) is 7.56. The monoisotopic (exact) mass is 554 g/mol. The molecule has 0 spiro atoms. The fourth-order valence-electron chi connectivity index (χ4n) is 2.92. The zero-order valence-corrected chi connectivity index (χ0v) is 21.6. The Balaban J connectivity index is 1.53. The average molecular weight is 555 g/mol. The molecule has 0 atom stereocenters. The van der Waals surface area contributed by atoms with Crippen molar-refractivity contribution in [2.75, 3.05) is 20.3 Å². The van der Waals surface area contributed by atoms with Gasteiger partial charge in [-0.1, -0.05) is 29.3 Å². The third-order valence-electron chi connectivity index (χ3n) is 4.85. The van der Waals surface area contributed by atoms with E-state index in [2.05, 4.69) is 33.4 Å². The standard InChI is InChI=1S/C27H27BrN2O6/c1-3-4-15-34-23-10-12-24(13-11-23)35-18-26(31)30-29-17-20-16-21(28)7-14-25(20)36-27(32)19-5-8-22(33-2)9-6-19/h5-14,16-17H,3-4,15,18H2,1-2H3,(H,30,31)/b29-17-. The summed E-state index contributed by atoms with van der Waals surface area (Å²) in [6.07, 6.45) is 3.45. The van der Waals surface area contributed by atoms with Crippen LogP contribution in [0, 0.1) is 0 Å². The number of hydrogen-bond donors (Lipinski definition) is 1. The van der Waals surface area contributed by atoms with Crippen LogP contribution in [-0.2, 0) is 4.79 Å². The highest BCUT2D eigenvalue weighted by atomic mass is 79.9. The van der Waals surface area contributed by atoms with Crippen molar-refractivity contribution < 1.29 is 28.5 Å². The molecule has 0 aliphatic rings. The summed E-state index contributed by atoms with van der Waals surface area (Å²) in [5.41, 5.74) is 3.26. The van der Waals surface area contributed by atoms with E-state index in [9.17, 15) is 9.59 Å². The molecule has 0 aliphatic heterocycles. The van der Waals surface area contributed by atoms with E-state index in [-0.39, 0.29) is 12.4 Å². The summed E-state index contributed by atoms with van der Waals surface area (Å²) < 4.78 is 22.5. The predicted molar refractivity (Wildman–Crippen MR) is 140 cm³/mol. The highest BCUT2D eigenvalue weighted by Crippen LogP contribution is 2.23. The van der Waals surface area contributed by atoms with Gasteiger partial charge in [0.05, 0.1) is 25.5 Å². The van der Waals surface area contributed by atoms with Crippen molar-refractivity contribution >= 4 is 34.0 Å². The molecule has 0 saturated carbocycles. The first kappa shape index (κ1) is 26.7. The molecule has 9 heteroatoms. The Kier molecular flexibility index (Phi) is 10.3. The lowest BCUT2D eigenvalue weighted by molar-refractivity contribution is -0.123. The minimum Gasteiger partial charge on any atom is -0.497 e. The lowest BCUT2D eigenvalue weighted by Gasteiger charge is -2.09. The van der Waals surface area contributed by atoms with Crippen molar-refractivity contribution in [1.29, 1.82) is 0 Å². The number of ether oxygens (including phenoxy) is 4. The minimum atomic E-state index is -0.533. The third-order valence-corrected chi connectivity index (χ3v) is 5.35. The summed E-state index contributed by atoms with van der Waals surface area (Å²) in [5.74, 6) is 1.24. The molecule has 1 amide bonds. The first-order chi connectivity index (χ1) is 17.5. The van der Waals surface area contributed by atoms with Crippen molar-refractivity contribution in [3.8, 4) is 23.0 Å². The van der Waals surface area contributed by atoms with Crippen molar-refractivity contribution in [2.24, 2.45) is 5.10 Å². The van der Waals surface area contributed by atoms with Crippen LogP contribution in [0.2, 0.25) is 0 Å². The Morgan fingerprint density at radius 2 is 1.61 bits per heavy atom. The number of benzene rings is 3. The maximum atomic E-state index is 12.5. The van der Waals surface area contributed by atoms with Crippen LogP contribution in [-0.4, -0.2) is 38.4 Å². The smallest absolute Gasteiger partial charge is 0.343 e. The molecule has 0 aromatic heterocycles. The van der Waals surface area contributed by atoms with Gasteiger partial charge >= 0.3 is 5.97 Å². The fraction of sp³-hybridized carbons (Fsp3) is 0.222. The molecular weight excluding hydrogens is 528 g/mol. The van der Waals surface area contributed by atoms with Gasteiger partial charge < -0.3 is 18.9 Å². The van der Waals surface area contributed by atoms with E-state index in [1.165, 1.54) is 6.21 Å². The summed E-state index contributed by atoms with van der Waals surface area (Å²) in [7, 11) is 1.55. The predicted octanol–water partition coefficient (Wildman–Crippen LogP) is 5.38. The van der Waals surface area contributed by atoms with Crippen molar-refractivity contribution in [3.63, 3.8) is 0 Å². The van der Waals surface area contributed by atoms with Gasteiger partial charge in [-0.2, -0.15) is 5.10 Å². The van der Waals surface area contributed by atoms with E-state index in [4.69, 9.17) is 18.9 Å². The van der Waals surface area contributed by atoms with E-state index in [0.29, 0.717) is 29.2 Å². The Morgan fingerprint density at radius 1 is 0.944 bits per heavy atom. The molecule has 0 fully saturated rings. The normalized spacial score (nSPS) is 10.6. The number of hydrazone groups is 1. The van der Waals surface area contributed by atoms with Gasteiger partial charge in [0, 0.05) is 10.0 Å². The van der Waals surface area contributed by atoms with Gasteiger partial charge in [0.1, 0.15) is 23.0 Å². The number of nitrogens with zero attached hydrogens (tertiary/aromatic N) is 1. The van der Waals surface area contributed by atoms with Gasteiger partial charge in [-0.25, -0.2) is 10.2 Å². The third kappa shape index (κ3) is 8.42. The first-order valence-corrected chi connectivity index (χ1v) is 12.1. The Hall–Kier alpha value is -3.85. The number of unbranched alkanes of at least 4 members (excludes halogenated alkanes) is 1. The second kappa shape index (κ2) is 13.9. The number of carbonyl (C=O) groups excluding carboxylic acids is 2. The van der Waals surface area contributed by atoms with Crippen LogP contribution in [0.3, 0.4) is 0 Å². The highest BCUT2D eigenvalue weighted by Gasteiger charge is 2.12. The minimum absolute atomic E-state index is 0.217. The van der Waals surface area contributed by atoms with Crippen LogP contribution in [0.4, 0.5) is 0 Å². The molecule has 1 N–H and O–H groups in total. The van der Waals surface area contributed by atoms with Gasteiger partial charge in [-0.3, -0.25) is 4.79 Å². The fourth-order valence-corrected chi connectivity index (χ4v) is 3.30. The highest BCUT2D eigenvalue weighted by molar-refractivity contribution is 9.10. The van der Waals surface area contributed by atoms with Crippen LogP contribution in [0.5, 0.6) is 23.0 Å². The number of nitrogens with one attached hydrogen (secondary N) is 1. The van der Waals surface area contributed by atoms with Crippen molar-refractivity contribution in [3.05, 3.63) is 82.3 Å². The van der Waals surface area contributed by atoms with Crippen LogP contribution in [0.25, 0.3) is 0 Å². The molecule has 3 rings (SSSR count). The summed E-state index contributed by atoms with van der Waals surface area (Å²) >= 11 is 3.39. The number of halogens is 1. The van der Waals surface area contributed by atoms with Gasteiger partial charge in [-0.15, -0.1) is 0 Å². The number of hydrogen-bond acceptors (Lipinski definition) is 7. The maximum absolute atomic E-state index is 12.5. The van der Waals surface area contributed by atoms with E-state index in [1.54, 1.807) is 73.8 Å². The zero-order valence-electron chi connectivity index (χ0n) is 20.0. The largest absolute Gasteiger partial charge is 0.497 e. The van der Waals surface area contributed by atoms with Crippen molar-refractivity contribution in [2.45, 2.75) is 19.8 Å². The van der Waals surface area contributed by atoms with Gasteiger partial charge in [0.2, 0.25) is 0 Å². The Morgan fingerprint density at radius 3 is 2.28 bits per heavy atom.